The van der Waals surface area contributed by atoms with Crippen LogP contribution in [0.25, 0.3) is 6.08 Å². The lowest BCUT2D eigenvalue weighted by Gasteiger charge is -2.14. The second-order valence-electron chi connectivity index (χ2n) is 8.26. The Kier molecular flexibility index (Phi) is 7.72. The molecule has 38 heavy (non-hydrogen) atoms. The van der Waals surface area contributed by atoms with Crippen LogP contribution in [0.1, 0.15) is 16.7 Å². The molecule has 1 fully saturated rings. The van der Waals surface area contributed by atoms with Crippen molar-refractivity contribution in [2.45, 2.75) is 13.8 Å². The predicted molar refractivity (Wildman–Crippen MR) is 141 cm³/mol. The van der Waals surface area contributed by atoms with Gasteiger partial charge in [0.2, 0.25) is 11.8 Å². The number of nitrogens with zero attached hydrogens (tertiary/aromatic N) is 3. The maximum absolute atomic E-state index is 12.9. The average Bonchev–Trinajstić information content (AvgIpc) is 3.14. The first-order valence-electron chi connectivity index (χ1n) is 11.2. The molecular weight excluding hydrogens is 512 g/mol. The molecule has 1 aromatic heterocycles. The third-order valence-electron chi connectivity index (χ3n) is 5.46. The molecule has 0 spiro atoms. The number of hydrogen-bond donors (Lipinski definition) is 1. The highest BCUT2D eigenvalue weighted by Crippen LogP contribution is 2.36. The van der Waals surface area contributed by atoms with Crippen LogP contribution in [0, 0.1) is 24.0 Å². The Morgan fingerprint density at radius 2 is 1.92 bits per heavy atom. The maximum Gasteiger partial charge on any atom is 0.294 e. The Morgan fingerprint density at radius 1 is 1.13 bits per heavy atom. The number of aryl methyl sites for hydroxylation is 2. The lowest BCUT2D eigenvalue weighted by Crippen LogP contribution is -2.36. The second-order valence-corrected chi connectivity index (χ2v) is 9.25. The van der Waals surface area contributed by atoms with Gasteiger partial charge in [0.1, 0.15) is 12.7 Å². The van der Waals surface area contributed by atoms with Gasteiger partial charge in [0.25, 0.3) is 16.8 Å². The summed E-state index contributed by atoms with van der Waals surface area (Å²) in [5.41, 5.74) is 2.92. The second kappa shape index (κ2) is 11.1. The fourth-order valence-electron chi connectivity index (χ4n) is 3.59. The van der Waals surface area contributed by atoms with Crippen molar-refractivity contribution >= 4 is 46.3 Å². The van der Waals surface area contributed by atoms with E-state index in [4.69, 9.17) is 9.47 Å². The molecular formula is C26H22N4O7S. The van der Waals surface area contributed by atoms with Crippen LogP contribution in [0.3, 0.4) is 0 Å². The predicted octanol–water partition coefficient (Wildman–Crippen LogP) is 5.08. The largest absolute Gasteiger partial charge is 0.493 e. The molecule has 0 unspecified atom stereocenters. The minimum absolute atomic E-state index is 0.127. The van der Waals surface area contributed by atoms with Gasteiger partial charge >= 0.3 is 0 Å². The molecule has 0 aliphatic carbocycles. The summed E-state index contributed by atoms with van der Waals surface area (Å²) in [6.07, 6.45) is 2.60. The maximum atomic E-state index is 12.9. The van der Waals surface area contributed by atoms with Gasteiger partial charge in [-0.2, -0.15) is 0 Å². The molecule has 0 radical (unpaired) electrons. The van der Waals surface area contributed by atoms with Crippen LogP contribution in [0.2, 0.25) is 0 Å². The van der Waals surface area contributed by atoms with Gasteiger partial charge in [0, 0.05) is 17.8 Å². The number of nitro groups is 1. The summed E-state index contributed by atoms with van der Waals surface area (Å²) in [6.45, 7) is 3.39. The minimum Gasteiger partial charge on any atom is -0.493 e. The molecule has 1 aliphatic heterocycles. The fourth-order valence-corrected chi connectivity index (χ4v) is 4.42. The van der Waals surface area contributed by atoms with Gasteiger partial charge in [-0.05, 0) is 61.0 Å². The Hall–Kier alpha value is -4.71. The topological polar surface area (TPSA) is 141 Å². The number of carbonyl (C=O) groups excluding carboxylic acids is 3. The molecule has 1 saturated heterocycles. The van der Waals surface area contributed by atoms with Gasteiger partial charge in [-0.15, -0.1) is 0 Å². The number of nitrogens with one attached hydrogen (secondary N) is 1. The van der Waals surface area contributed by atoms with Crippen molar-refractivity contribution in [3.63, 3.8) is 0 Å². The summed E-state index contributed by atoms with van der Waals surface area (Å²) >= 11 is 0.735. The zero-order valence-electron chi connectivity index (χ0n) is 20.6. The summed E-state index contributed by atoms with van der Waals surface area (Å²) in [5, 5.41) is 13.0. The third-order valence-corrected chi connectivity index (χ3v) is 6.37. The SMILES string of the molecule is COc1cc(/C=C2/SC(=O)N(CC(=O)Nc3ccc(C)cc3C)C2=O)ccc1Oc1ccc([N+](=O)[O-])cn1. The van der Waals surface area contributed by atoms with Crippen LogP contribution in [-0.4, -0.2) is 45.5 Å². The number of pyridine rings is 1. The molecule has 12 heteroatoms. The van der Waals surface area contributed by atoms with Crippen molar-refractivity contribution in [2.24, 2.45) is 0 Å². The molecule has 0 bridgehead atoms. The number of imide groups is 1. The lowest BCUT2D eigenvalue weighted by atomic mass is 10.1. The first kappa shape index (κ1) is 26.4. The summed E-state index contributed by atoms with van der Waals surface area (Å²) in [4.78, 5) is 53.1. The molecule has 194 valence electrons. The van der Waals surface area contributed by atoms with E-state index in [1.807, 2.05) is 26.0 Å². The smallest absolute Gasteiger partial charge is 0.294 e. The van der Waals surface area contributed by atoms with Crippen LogP contribution < -0.4 is 14.8 Å². The van der Waals surface area contributed by atoms with Gasteiger partial charge in [0.15, 0.2) is 11.5 Å². The van der Waals surface area contributed by atoms with Crippen LogP contribution in [0.5, 0.6) is 17.4 Å². The monoisotopic (exact) mass is 534 g/mol. The summed E-state index contributed by atoms with van der Waals surface area (Å²) < 4.78 is 11.0. The van der Waals surface area contributed by atoms with Gasteiger partial charge in [-0.25, -0.2) is 4.98 Å². The van der Waals surface area contributed by atoms with E-state index in [9.17, 15) is 24.5 Å². The fraction of sp³-hybridized carbons (Fsp3) is 0.154. The van der Waals surface area contributed by atoms with Crippen molar-refractivity contribution in [3.05, 3.63) is 86.4 Å². The molecule has 2 heterocycles. The number of carbonyl (C=O) groups is 3. The van der Waals surface area contributed by atoms with Crippen LogP contribution >= 0.6 is 11.8 Å². The Labute approximate surface area is 221 Å². The normalized spacial score (nSPS) is 14.1. The number of rotatable bonds is 8. The minimum atomic E-state index is -0.579. The van der Waals surface area contributed by atoms with Crippen LogP contribution in [0.15, 0.2) is 59.6 Å². The molecule has 3 amide bonds. The van der Waals surface area contributed by atoms with Gasteiger partial charge < -0.3 is 14.8 Å². The highest BCUT2D eigenvalue weighted by molar-refractivity contribution is 8.18. The van der Waals surface area contributed by atoms with E-state index in [1.54, 1.807) is 24.3 Å². The molecule has 0 saturated carbocycles. The van der Waals surface area contributed by atoms with E-state index >= 15 is 0 Å². The number of hydrogen-bond acceptors (Lipinski definition) is 9. The molecule has 2 aromatic carbocycles. The third kappa shape index (κ3) is 5.98. The first-order chi connectivity index (χ1) is 18.1. The summed E-state index contributed by atoms with van der Waals surface area (Å²) in [6, 6.07) is 13.0. The number of thioether (sulfide) groups is 1. The quantitative estimate of drug-likeness (QED) is 0.238. The average molecular weight is 535 g/mol. The van der Waals surface area contributed by atoms with E-state index in [2.05, 4.69) is 10.3 Å². The zero-order chi connectivity index (χ0) is 27.4. The van der Waals surface area contributed by atoms with Gasteiger partial charge in [-0.3, -0.25) is 29.4 Å². The van der Waals surface area contributed by atoms with Crippen LogP contribution in [-0.2, 0) is 9.59 Å². The van der Waals surface area contributed by atoms with Crippen molar-refractivity contribution in [2.75, 3.05) is 19.0 Å². The Bertz CT molecular complexity index is 1470. The van der Waals surface area contributed by atoms with Crippen molar-refractivity contribution < 1.29 is 28.8 Å². The number of anilines is 1. The first-order valence-corrected chi connectivity index (χ1v) is 12.0. The van der Waals surface area contributed by atoms with Crippen molar-refractivity contribution in [1.82, 2.24) is 9.88 Å². The number of benzene rings is 2. The number of ether oxygens (including phenoxy) is 2. The molecule has 1 N–H and O–H groups in total. The molecule has 3 aromatic rings. The van der Waals surface area contributed by atoms with E-state index in [0.717, 1.165) is 34.0 Å². The summed E-state index contributed by atoms with van der Waals surface area (Å²) in [5.74, 6) is -0.330. The highest BCUT2D eigenvalue weighted by Gasteiger charge is 2.36. The lowest BCUT2D eigenvalue weighted by molar-refractivity contribution is -0.385. The number of methoxy groups -OCH3 is 1. The van der Waals surface area contributed by atoms with E-state index in [0.29, 0.717) is 22.7 Å². The molecule has 4 rings (SSSR count). The van der Waals surface area contributed by atoms with Crippen molar-refractivity contribution in [1.29, 1.82) is 0 Å². The van der Waals surface area contributed by atoms with Gasteiger partial charge in [-0.1, -0.05) is 23.8 Å². The van der Waals surface area contributed by atoms with Gasteiger partial charge in [0.05, 0.1) is 16.9 Å². The standard InChI is InChI=1S/C26H22N4O7S/c1-15-4-7-19(16(2)10-15)28-23(31)14-29-25(32)22(38-26(29)33)12-17-5-8-20(21(11-17)36-3)37-24-9-6-18(13-27-24)30(34)35/h4-13H,14H2,1-3H3,(H,28,31)/b22-12+. The zero-order valence-corrected chi connectivity index (χ0v) is 21.4. The molecule has 11 nitrogen and oxygen atoms in total. The van der Waals surface area contributed by atoms with E-state index in [1.165, 1.54) is 25.3 Å². The van der Waals surface area contributed by atoms with Crippen molar-refractivity contribution in [3.8, 4) is 17.4 Å². The molecule has 1 aliphatic rings. The van der Waals surface area contributed by atoms with Crippen LogP contribution in [0.4, 0.5) is 16.2 Å². The molecule has 0 atom stereocenters. The Balaban J connectivity index is 1.45. The number of amides is 3. The highest BCUT2D eigenvalue weighted by atomic mass is 32.2. The Morgan fingerprint density at radius 3 is 2.58 bits per heavy atom. The van der Waals surface area contributed by atoms with E-state index < -0.39 is 28.5 Å². The summed E-state index contributed by atoms with van der Waals surface area (Å²) in [7, 11) is 1.43. The number of aromatic nitrogens is 1. The van der Waals surface area contributed by atoms with E-state index in [-0.39, 0.29) is 16.5 Å².